The molecule has 2 aromatic carbocycles. The highest BCUT2D eigenvalue weighted by Crippen LogP contribution is 2.25. The van der Waals surface area contributed by atoms with Crippen molar-refractivity contribution in [1.29, 1.82) is 5.26 Å². The minimum Gasteiger partial charge on any atom is -0.497 e. The lowest BCUT2D eigenvalue weighted by Crippen LogP contribution is -2.25. The average Bonchev–Trinajstić information content (AvgIpc) is 2.64. The van der Waals surface area contributed by atoms with Crippen molar-refractivity contribution in [3.63, 3.8) is 0 Å². The summed E-state index contributed by atoms with van der Waals surface area (Å²) >= 11 is 0. The Morgan fingerprint density at radius 3 is 2.52 bits per heavy atom. The fraction of sp³-hybridized carbons (Fsp3) is 0.158. The van der Waals surface area contributed by atoms with Gasteiger partial charge in [0.05, 0.1) is 20.3 Å². The van der Waals surface area contributed by atoms with Gasteiger partial charge in [0.1, 0.15) is 23.4 Å². The summed E-state index contributed by atoms with van der Waals surface area (Å²) in [5, 5.41) is 11.8. The predicted octanol–water partition coefficient (Wildman–Crippen LogP) is 3.24. The highest BCUT2D eigenvalue weighted by Gasteiger charge is 2.12. The Kier molecular flexibility index (Phi) is 6.13. The molecule has 0 heterocycles. The van der Waals surface area contributed by atoms with Gasteiger partial charge in [0.15, 0.2) is 0 Å². The van der Waals surface area contributed by atoms with Crippen molar-refractivity contribution in [3.05, 3.63) is 65.5 Å². The van der Waals surface area contributed by atoms with Crippen LogP contribution in [0, 0.1) is 17.1 Å². The van der Waals surface area contributed by atoms with Crippen LogP contribution in [0.2, 0.25) is 0 Å². The lowest BCUT2D eigenvalue weighted by molar-refractivity contribution is -0.116. The van der Waals surface area contributed by atoms with Gasteiger partial charge in [0, 0.05) is 11.6 Å². The quantitative estimate of drug-likeness (QED) is 0.820. The van der Waals surface area contributed by atoms with E-state index in [1.54, 1.807) is 31.4 Å². The SMILES string of the molecule is COc1ccc(OC)c(/C=C/C(=O)N[C@@H](C#N)c2ccc(F)cc2)c1. The maximum absolute atomic E-state index is 13.0. The largest absolute Gasteiger partial charge is 0.497 e. The monoisotopic (exact) mass is 340 g/mol. The number of amides is 1. The third-order valence-electron chi connectivity index (χ3n) is 3.47. The van der Waals surface area contributed by atoms with Gasteiger partial charge in [-0.15, -0.1) is 0 Å². The number of carbonyl (C=O) groups excluding carboxylic acids is 1. The minimum atomic E-state index is -0.870. The zero-order chi connectivity index (χ0) is 18.2. The molecule has 0 bridgehead atoms. The van der Waals surface area contributed by atoms with Gasteiger partial charge in [-0.05, 0) is 42.0 Å². The third-order valence-corrected chi connectivity index (χ3v) is 3.47. The van der Waals surface area contributed by atoms with Crippen molar-refractivity contribution in [2.45, 2.75) is 6.04 Å². The molecule has 0 aromatic heterocycles. The lowest BCUT2D eigenvalue weighted by Gasteiger charge is -2.10. The molecular formula is C19H17FN2O3. The van der Waals surface area contributed by atoms with Gasteiger partial charge in [-0.2, -0.15) is 5.26 Å². The van der Waals surface area contributed by atoms with E-state index in [1.165, 1.54) is 37.5 Å². The lowest BCUT2D eigenvalue weighted by atomic mass is 10.1. The maximum atomic E-state index is 13.0. The molecule has 0 unspecified atom stereocenters. The molecule has 0 radical (unpaired) electrons. The van der Waals surface area contributed by atoms with E-state index in [0.29, 0.717) is 22.6 Å². The van der Waals surface area contributed by atoms with Gasteiger partial charge in [0.2, 0.25) is 5.91 Å². The molecule has 2 aromatic rings. The molecule has 128 valence electrons. The van der Waals surface area contributed by atoms with Crippen LogP contribution in [0.3, 0.4) is 0 Å². The fourth-order valence-corrected chi connectivity index (χ4v) is 2.17. The number of nitrogens with one attached hydrogen (secondary N) is 1. The second-order valence-corrected chi connectivity index (χ2v) is 5.06. The first-order chi connectivity index (χ1) is 12.1. The Hall–Kier alpha value is -3.33. The summed E-state index contributed by atoms with van der Waals surface area (Å²) in [6, 6.07) is 11.7. The highest BCUT2D eigenvalue weighted by atomic mass is 19.1. The smallest absolute Gasteiger partial charge is 0.245 e. The molecule has 0 saturated heterocycles. The number of halogens is 1. The van der Waals surface area contributed by atoms with E-state index in [0.717, 1.165) is 0 Å². The molecule has 0 spiro atoms. The fourth-order valence-electron chi connectivity index (χ4n) is 2.17. The van der Waals surface area contributed by atoms with Crippen molar-refractivity contribution < 1.29 is 18.7 Å². The zero-order valence-corrected chi connectivity index (χ0v) is 13.8. The van der Waals surface area contributed by atoms with Crippen LogP contribution in [0.1, 0.15) is 17.2 Å². The first-order valence-corrected chi connectivity index (χ1v) is 7.43. The van der Waals surface area contributed by atoms with E-state index in [4.69, 9.17) is 9.47 Å². The normalized spacial score (nSPS) is 11.6. The van der Waals surface area contributed by atoms with E-state index in [2.05, 4.69) is 5.32 Å². The molecular weight excluding hydrogens is 323 g/mol. The van der Waals surface area contributed by atoms with E-state index < -0.39 is 17.8 Å². The zero-order valence-electron chi connectivity index (χ0n) is 13.8. The number of rotatable bonds is 6. The number of hydrogen-bond acceptors (Lipinski definition) is 4. The molecule has 5 nitrogen and oxygen atoms in total. The molecule has 0 aliphatic heterocycles. The Labute approximate surface area is 145 Å². The summed E-state index contributed by atoms with van der Waals surface area (Å²) in [5.74, 6) is 0.347. The molecule has 1 N–H and O–H groups in total. The average molecular weight is 340 g/mol. The first-order valence-electron chi connectivity index (χ1n) is 7.43. The second kappa shape index (κ2) is 8.50. The molecule has 1 amide bonds. The van der Waals surface area contributed by atoms with Crippen LogP contribution in [0.25, 0.3) is 6.08 Å². The third kappa shape index (κ3) is 4.82. The molecule has 6 heteroatoms. The van der Waals surface area contributed by atoms with Crippen LogP contribution in [0.5, 0.6) is 11.5 Å². The number of hydrogen-bond donors (Lipinski definition) is 1. The number of nitrogens with zero attached hydrogens (tertiary/aromatic N) is 1. The Morgan fingerprint density at radius 1 is 1.20 bits per heavy atom. The van der Waals surface area contributed by atoms with Gasteiger partial charge in [0.25, 0.3) is 0 Å². The summed E-state index contributed by atoms with van der Waals surface area (Å²) in [6.45, 7) is 0. The molecule has 0 aliphatic carbocycles. The van der Waals surface area contributed by atoms with Crippen molar-refractivity contribution in [1.82, 2.24) is 5.32 Å². The van der Waals surface area contributed by atoms with Crippen LogP contribution in [0.4, 0.5) is 4.39 Å². The first kappa shape index (κ1) is 18.0. The molecule has 0 fully saturated rings. The predicted molar refractivity (Wildman–Crippen MR) is 91.5 cm³/mol. The molecule has 1 atom stereocenters. The second-order valence-electron chi connectivity index (χ2n) is 5.06. The Morgan fingerprint density at radius 2 is 1.92 bits per heavy atom. The van der Waals surface area contributed by atoms with Crippen molar-refractivity contribution in [3.8, 4) is 17.6 Å². The van der Waals surface area contributed by atoms with Crippen molar-refractivity contribution >= 4 is 12.0 Å². The minimum absolute atomic E-state index is 0.406. The van der Waals surface area contributed by atoms with Gasteiger partial charge >= 0.3 is 0 Å². The summed E-state index contributed by atoms with van der Waals surface area (Å²) in [5.41, 5.74) is 1.16. The van der Waals surface area contributed by atoms with Gasteiger partial charge in [-0.1, -0.05) is 12.1 Å². The molecule has 0 saturated carbocycles. The van der Waals surface area contributed by atoms with Gasteiger partial charge in [-0.25, -0.2) is 4.39 Å². The highest BCUT2D eigenvalue weighted by molar-refractivity contribution is 5.92. The van der Waals surface area contributed by atoms with Crippen molar-refractivity contribution in [2.24, 2.45) is 0 Å². The Bertz CT molecular complexity index is 810. The number of methoxy groups -OCH3 is 2. The summed E-state index contributed by atoms with van der Waals surface area (Å²) in [6.07, 6.45) is 2.86. The van der Waals surface area contributed by atoms with Crippen LogP contribution < -0.4 is 14.8 Å². The maximum Gasteiger partial charge on any atom is 0.245 e. The molecule has 25 heavy (non-hydrogen) atoms. The Balaban J connectivity index is 2.12. The summed E-state index contributed by atoms with van der Waals surface area (Å²) < 4.78 is 23.3. The molecule has 2 rings (SSSR count). The molecule has 0 aliphatic rings. The number of nitriles is 1. The van der Waals surface area contributed by atoms with Crippen LogP contribution in [-0.2, 0) is 4.79 Å². The van der Waals surface area contributed by atoms with E-state index in [1.807, 2.05) is 6.07 Å². The topological polar surface area (TPSA) is 71.3 Å². The summed E-state index contributed by atoms with van der Waals surface area (Å²) in [7, 11) is 3.07. The van der Waals surface area contributed by atoms with Gasteiger partial charge in [-0.3, -0.25) is 4.79 Å². The van der Waals surface area contributed by atoms with Gasteiger partial charge < -0.3 is 14.8 Å². The summed E-state index contributed by atoms with van der Waals surface area (Å²) in [4.78, 5) is 12.1. The number of benzene rings is 2. The number of ether oxygens (including phenoxy) is 2. The van der Waals surface area contributed by atoms with E-state index in [-0.39, 0.29) is 0 Å². The van der Waals surface area contributed by atoms with E-state index >= 15 is 0 Å². The van der Waals surface area contributed by atoms with Crippen LogP contribution in [-0.4, -0.2) is 20.1 Å². The van der Waals surface area contributed by atoms with Crippen molar-refractivity contribution in [2.75, 3.05) is 14.2 Å². The van der Waals surface area contributed by atoms with Crippen LogP contribution >= 0.6 is 0 Å². The number of carbonyl (C=O) groups is 1. The van der Waals surface area contributed by atoms with E-state index in [9.17, 15) is 14.4 Å². The van der Waals surface area contributed by atoms with Crippen LogP contribution in [0.15, 0.2) is 48.5 Å². The standard InChI is InChI=1S/C19H17FN2O3/c1-24-16-8-9-18(25-2)14(11-16)5-10-19(23)22-17(12-21)13-3-6-15(20)7-4-13/h3-11,17H,1-2H3,(H,22,23)/b10-5+/t17-/m0/s1.